The fourth-order valence-electron chi connectivity index (χ4n) is 7.54. The molecule has 0 spiro atoms. The Morgan fingerprint density at radius 2 is 0.898 bits per heavy atom. The Hall–Kier alpha value is -6.16. The first-order valence-corrected chi connectivity index (χ1v) is 17.4. The second kappa shape index (κ2) is 11.2. The molecule has 3 heteroatoms. The van der Waals surface area contributed by atoms with Crippen molar-refractivity contribution in [1.29, 1.82) is 0 Å². The third kappa shape index (κ3) is 4.40. The lowest BCUT2D eigenvalue weighted by Crippen LogP contribution is -2.13. The SMILES string of the molecule is c1ccc(N(c2ccccc2-c2cccc3c2sc2ccccc23)c2cccc3oc4ccccc4c23)c(-c2cccc3ccccc23)c1. The second-order valence-electron chi connectivity index (χ2n) is 12.4. The highest BCUT2D eigenvalue weighted by molar-refractivity contribution is 7.26. The van der Waals surface area contributed by atoms with Crippen LogP contribution in [0.3, 0.4) is 0 Å². The summed E-state index contributed by atoms with van der Waals surface area (Å²) in [5, 5.41) is 7.24. The Kier molecular flexibility index (Phi) is 6.39. The number of nitrogens with zero attached hydrogens (tertiary/aromatic N) is 1. The summed E-state index contributed by atoms with van der Waals surface area (Å²) in [4.78, 5) is 2.46. The molecule has 2 heterocycles. The molecule has 2 aromatic heterocycles. The maximum absolute atomic E-state index is 6.47. The molecule has 10 aromatic rings. The van der Waals surface area contributed by atoms with Crippen molar-refractivity contribution in [3.63, 3.8) is 0 Å². The number of anilines is 3. The summed E-state index contributed by atoms with van der Waals surface area (Å²) in [5.74, 6) is 0. The number of rotatable bonds is 5. The molecule has 0 unspecified atom stereocenters. The van der Waals surface area contributed by atoms with Crippen LogP contribution in [0.25, 0.3) is 75.1 Å². The van der Waals surface area contributed by atoms with E-state index in [1.165, 1.54) is 53.2 Å². The zero-order chi connectivity index (χ0) is 32.3. The largest absolute Gasteiger partial charge is 0.456 e. The Morgan fingerprint density at radius 3 is 1.76 bits per heavy atom. The van der Waals surface area contributed by atoms with Crippen LogP contribution in [0.5, 0.6) is 0 Å². The van der Waals surface area contributed by atoms with E-state index in [4.69, 9.17) is 4.42 Å². The maximum atomic E-state index is 6.47. The number of benzene rings is 8. The second-order valence-corrected chi connectivity index (χ2v) is 13.5. The van der Waals surface area contributed by atoms with Crippen molar-refractivity contribution in [3.05, 3.63) is 176 Å². The molecule has 0 saturated heterocycles. The van der Waals surface area contributed by atoms with E-state index in [0.29, 0.717) is 0 Å². The Morgan fingerprint density at radius 1 is 0.367 bits per heavy atom. The summed E-state index contributed by atoms with van der Waals surface area (Å²) >= 11 is 1.87. The fourth-order valence-corrected chi connectivity index (χ4v) is 8.77. The minimum atomic E-state index is 0.871. The molecule has 8 aromatic carbocycles. The molecule has 230 valence electrons. The molecule has 0 aliphatic heterocycles. The first-order chi connectivity index (χ1) is 24.3. The highest BCUT2D eigenvalue weighted by Crippen LogP contribution is 2.50. The highest BCUT2D eigenvalue weighted by atomic mass is 32.1. The van der Waals surface area contributed by atoms with Gasteiger partial charge in [0, 0.05) is 42.2 Å². The molecule has 0 radical (unpaired) electrons. The summed E-state index contributed by atoms with van der Waals surface area (Å²) in [7, 11) is 0. The molecule has 0 bridgehead atoms. The Labute approximate surface area is 287 Å². The first-order valence-electron chi connectivity index (χ1n) is 16.6. The van der Waals surface area contributed by atoms with Gasteiger partial charge in [-0.05, 0) is 52.7 Å². The molecule has 2 nitrogen and oxygen atoms in total. The molecule has 0 aliphatic rings. The molecule has 0 amide bonds. The lowest BCUT2D eigenvalue weighted by atomic mass is 9.94. The number of hydrogen-bond donors (Lipinski definition) is 0. The van der Waals surface area contributed by atoms with E-state index in [-0.39, 0.29) is 0 Å². The van der Waals surface area contributed by atoms with E-state index in [9.17, 15) is 0 Å². The zero-order valence-corrected chi connectivity index (χ0v) is 27.3. The molecule has 0 aliphatic carbocycles. The topological polar surface area (TPSA) is 16.4 Å². The molecule has 0 fully saturated rings. The number of furan rings is 1. The molecule has 0 saturated carbocycles. The molecule has 10 rings (SSSR count). The van der Waals surface area contributed by atoms with Gasteiger partial charge in [0.05, 0.1) is 22.4 Å². The van der Waals surface area contributed by atoms with Gasteiger partial charge >= 0.3 is 0 Å². The summed E-state index contributed by atoms with van der Waals surface area (Å²) in [6, 6.07) is 63.2. The summed E-state index contributed by atoms with van der Waals surface area (Å²) in [6.45, 7) is 0. The van der Waals surface area contributed by atoms with Crippen molar-refractivity contribution in [1.82, 2.24) is 0 Å². The van der Waals surface area contributed by atoms with Crippen LogP contribution in [0.4, 0.5) is 17.1 Å². The van der Waals surface area contributed by atoms with Gasteiger partial charge in [0.1, 0.15) is 11.2 Å². The van der Waals surface area contributed by atoms with Gasteiger partial charge in [0.2, 0.25) is 0 Å². The van der Waals surface area contributed by atoms with E-state index in [2.05, 4.69) is 175 Å². The highest BCUT2D eigenvalue weighted by Gasteiger charge is 2.25. The van der Waals surface area contributed by atoms with Gasteiger partial charge in [-0.1, -0.05) is 140 Å². The standard InChI is InChI=1S/C46H29NOS/c1-2-16-31-30(14-1)15-11-21-32(31)33-17-3-7-24-39(33)47(41-26-13-28-43-45(41)38-20-5-9-27-42(38)48-43)40-25-8-4-18-34(40)36-22-12-23-37-35-19-6-10-29-44(35)49-46(36)37/h1-29H. The fraction of sp³-hybridized carbons (Fsp3) is 0. The van der Waals surface area contributed by atoms with Gasteiger partial charge in [-0.2, -0.15) is 0 Å². The van der Waals surface area contributed by atoms with Gasteiger partial charge < -0.3 is 9.32 Å². The van der Waals surface area contributed by atoms with Crippen LogP contribution in [0.2, 0.25) is 0 Å². The average molecular weight is 644 g/mol. The Bertz CT molecular complexity index is 2850. The number of thiophene rings is 1. The van der Waals surface area contributed by atoms with Crippen molar-refractivity contribution in [3.8, 4) is 22.3 Å². The number of fused-ring (bicyclic) bond motifs is 7. The quantitative estimate of drug-likeness (QED) is 0.186. The van der Waals surface area contributed by atoms with E-state index >= 15 is 0 Å². The predicted octanol–water partition coefficient (Wildman–Crippen LogP) is 13.9. The van der Waals surface area contributed by atoms with Gasteiger partial charge in [-0.15, -0.1) is 11.3 Å². The van der Waals surface area contributed by atoms with Gasteiger partial charge in [-0.25, -0.2) is 0 Å². The molecule has 0 atom stereocenters. The first kappa shape index (κ1) is 27.9. The van der Waals surface area contributed by atoms with Gasteiger partial charge in [-0.3, -0.25) is 0 Å². The van der Waals surface area contributed by atoms with Crippen LogP contribution in [0, 0.1) is 0 Å². The molecule has 0 N–H and O–H groups in total. The average Bonchev–Trinajstić information content (AvgIpc) is 3.74. The van der Waals surface area contributed by atoms with Crippen molar-refractivity contribution in [2.75, 3.05) is 4.90 Å². The van der Waals surface area contributed by atoms with Crippen molar-refractivity contribution < 1.29 is 4.42 Å². The van der Waals surface area contributed by atoms with Crippen LogP contribution in [0.1, 0.15) is 0 Å². The summed E-state index contributed by atoms with van der Waals surface area (Å²) in [6.07, 6.45) is 0. The normalized spacial score (nSPS) is 11.7. The third-order valence-electron chi connectivity index (χ3n) is 9.69. The predicted molar refractivity (Wildman–Crippen MR) is 210 cm³/mol. The van der Waals surface area contributed by atoms with E-state index in [0.717, 1.165) is 39.0 Å². The van der Waals surface area contributed by atoms with E-state index in [1.54, 1.807) is 0 Å². The van der Waals surface area contributed by atoms with Gasteiger partial charge in [0.25, 0.3) is 0 Å². The lowest BCUT2D eigenvalue weighted by molar-refractivity contribution is 0.669. The molecular formula is C46H29NOS. The zero-order valence-electron chi connectivity index (χ0n) is 26.5. The summed E-state index contributed by atoms with van der Waals surface area (Å²) in [5.41, 5.74) is 9.82. The Balaban J connectivity index is 1.31. The van der Waals surface area contributed by atoms with Crippen LogP contribution in [-0.4, -0.2) is 0 Å². The van der Waals surface area contributed by atoms with Crippen molar-refractivity contribution in [2.24, 2.45) is 0 Å². The van der Waals surface area contributed by atoms with Crippen molar-refractivity contribution in [2.45, 2.75) is 0 Å². The number of para-hydroxylation sites is 3. The minimum absolute atomic E-state index is 0.871. The molecular weight excluding hydrogens is 615 g/mol. The summed E-state index contributed by atoms with van der Waals surface area (Å²) < 4.78 is 9.07. The van der Waals surface area contributed by atoms with E-state index in [1.807, 2.05) is 17.4 Å². The minimum Gasteiger partial charge on any atom is -0.456 e. The maximum Gasteiger partial charge on any atom is 0.137 e. The van der Waals surface area contributed by atoms with Crippen LogP contribution < -0.4 is 4.90 Å². The number of hydrogen-bond acceptors (Lipinski definition) is 3. The van der Waals surface area contributed by atoms with Gasteiger partial charge in [0.15, 0.2) is 0 Å². The van der Waals surface area contributed by atoms with Crippen LogP contribution in [-0.2, 0) is 0 Å². The van der Waals surface area contributed by atoms with Crippen molar-refractivity contribution >= 4 is 81.3 Å². The monoisotopic (exact) mass is 643 g/mol. The molecule has 49 heavy (non-hydrogen) atoms. The lowest BCUT2D eigenvalue weighted by Gasteiger charge is -2.30. The van der Waals surface area contributed by atoms with E-state index < -0.39 is 0 Å². The van der Waals surface area contributed by atoms with Crippen LogP contribution >= 0.6 is 11.3 Å². The smallest absolute Gasteiger partial charge is 0.137 e. The van der Waals surface area contributed by atoms with Crippen LogP contribution in [0.15, 0.2) is 180 Å². The third-order valence-corrected chi connectivity index (χ3v) is 10.9.